The second kappa shape index (κ2) is 10.4. The minimum Gasteiger partial charge on any atom is -0.369 e. The van der Waals surface area contributed by atoms with Gasteiger partial charge >= 0.3 is 11.8 Å². The van der Waals surface area contributed by atoms with Crippen LogP contribution in [0.5, 0.6) is 0 Å². The van der Waals surface area contributed by atoms with Gasteiger partial charge < -0.3 is 11.1 Å². The number of amides is 1. The van der Waals surface area contributed by atoms with Crippen molar-refractivity contribution < 1.29 is 31.1 Å². The first-order valence-corrected chi connectivity index (χ1v) is 11.1. The predicted octanol–water partition coefficient (Wildman–Crippen LogP) is 6.25. The normalized spacial score (nSPS) is 20.1. The Bertz CT molecular complexity index is 1010. The number of aromatic nitrogens is 1. The average molecular weight is 508 g/mol. The summed E-state index contributed by atoms with van der Waals surface area (Å²) in [6.45, 7) is -1.52. The predicted molar refractivity (Wildman–Crippen MR) is 117 cm³/mol. The smallest absolute Gasteiger partial charge is 0.317 e. The van der Waals surface area contributed by atoms with E-state index in [1.54, 1.807) is 0 Å². The molecule has 0 aliphatic heterocycles. The first kappa shape index (κ1) is 26.1. The van der Waals surface area contributed by atoms with Gasteiger partial charge in [0.2, 0.25) is 11.5 Å². The molecule has 1 aromatic heterocycles. The van der Waals surface area contributed by atoms with Gasteiger partial charge in [-0.25, -0.2) is 13.8 Å². The zero-order valence-corrected chi connectivity index (χ0v) is 18.8. The maximum absolute atomic E-state index is 14.2. The molecule has 1 amide bonds. The minimum absolute atomic E-state index is 0.0726. The van der Waals surface area contributed by atoms with Gasteiger partial charge in [-0.3, -0.25) is 4.79 Å². The summed E-state index contributed by atoms with van der Waals surface area (Å²) in [5, 5.41) is 2.87. The van der Waals surface area contributed by atoms with Crippen LogP contribution in [0.2, 0.25) is 0 Å². The quantitative estimate of drug-likeness (QED) is 0.311. The van der Waals surface area contributed by atoms with E-state index in [1.165, 1.54) is 18.3 Å². The van der Waals surface area contributed by atoms with Gasteiger partial charge in [0, 0.05) is 23.9 Å². The molecule has 1 atom stereocenters. The highest BCUT2D eigenvalue weighted by Gasteiger charge is 2.42. The largest absolute Gasteiger partial charge is 0.369 e. The van der Waals surface area contributed by atoms with Crippen molar-refractivity contribution in [3.05, 3.63) is 58.8 Å². The van der Waals surface area contributed by atoms with Crippen LogP contribution in [0, 0.1) is 5.92 Å². The van der Waals surface area contributed by atoms with Crippen molar-refractivity contribution in [1.82, 2.24) is 4.98 Å². The molecule has 2 aromatic rings. The van der Waals surface area contributed by atoms with Gasteiger partial charge in [0.15, 0.2) is 6.67 Å². The lowest BCUT2D eigenvalue weighted by atomic mass is 9.78. The number of alkyl halides is 7. The molecular weight excluding hydrogens is 484 g/mol. The minimum atomic E-state index is -4.00. The van der Waals surface area contributed by atoms with Crippen LogP contribution >= 0.6 is 11.6 Å². The van der Waals surface area contributed by atoms with Crippen molar-refractivity contribution in [2.24, 2.45) is 11.7 Å². The Morgan fingerprint density at radius 3 is 2.44 bits per heavy atom. The highest BCUT2D eigenvalue weighted by molar-refractivity contribution is 6.20. The van der Waals surface area contributed by atoms with E-state index in [4.69, 9.17) is 17.3 Å². The van der Waals surface area contributed by atoms with Crippen LogP contribution in [0.15, 0.2) is 36.5 Å². The summed E-state index contributed by atoms with van der Waals surface area (Å²) < 4.78 is 82.1. The van der Waals surface area contributed by atoms with Gasteiger partial charge in [-0.2, -0.15) is 17.6 Å². The molecule has 4 nitrogen and oxygen atoms in total. The molecule has 3 N–H and O–H groups in total. The van der Waals surface area contributed by atoms with Crippen LogP contribution in [0.3, 0.4) is 0 Å². The topological polar surface area (TPSA) is 68.0 Å². The van der Waals surface area contributed by atoms with E-state index >= 15 is 0 Å². The molecule has 3 rings (SSSR count). The number of pyridine rings is 1. The van der Waals surface area contributed by atoms with E-state index in [1.807, 2.05) is 0 Å². The third kappa shape index (κ3) is 5.76. The Balaban J connectivity index is 1.69. The Kier molecular flexibility index (Phi) is 8.00. The molecule has 0 bridgehead atoms. The number of carbonyl (C=O) groups excluding carboxylic acids is 1. The maximum atomic E-state index is 14.2. The van der Waals surface area contributed by atoms with E-state index in [2.05, 4.69) is 10.3 Å². The highest BCUT2D eigenvalue weighted by Crippen LogP contribution is 2.41. The Morgan fingerprint density at radius 2 is 1.85 bits per heavy atom. The van der Waals surface area contributed by atoms with Crippen molar-refractivity contribution in [2.45, 2.75) is 49.1 Å². The first-order valence-electron chi connectivity index (χ1n) is 10.7. The molecule has 1 aliphatic carbocycles. The number of hydrogen-bond acceptors (Lipinski definition) is 3. The average Bonchev–Trinajstić information content (AvgIpc) is 2.82. The van der Waals surface area contributed by atoms with Crippen molar-refractivity contribution in [3.8, 4) is 0 Å². The summed E-state index contributed by atoms with van der Waals surface area (Å²) in [5.74, 6) is -8.76. The Morgan fingerprint density at radius 1 is 1.18 bits per heavy atom. The lowest BCUT2D eigenvalue weighted by Gasteiger charge is -2.30. The summed E-state index contributed by atoms with van der Waals surface area (Å²) >= 11 is 5.01. The van der Waals surface area contributed by atoms with Gasteiger partial charge in [-0.15, -0.1) is 0 Å². The number of nitrogens with one attached hydrogen (secondary N) is 1. The third-order valence-corrected chi connectivity index (χ3v) is 6.42. The molecule has 0 radical (unpaired) electrons. The molecule has 0 saturated heterocycles. The number of anilines is 1. The van der Waals surface area contributed by atoms with Crippen molar-refractivity contribution in [1.29, 1.82) is 0 Å². The van der Waals surface area contributed by atoms with Crippen LogP contribution in [-0.4, -0.2) is 29.7 Å². The lowest BCUT2D eigenvalue weighted by Crippen LogP contribution is -2.25. The molecule has 34 heavy (non-hydrogen) atoms. The Hall–Kier alpha value is -2.49. The molecule has 1 unspecified atom stereocenters. The van der Waals surface area contributed by atoms with Crippen LogP contribution in [0.4, 0.5) is 32.2 Å². The van der Waals surface area contributed by atoms with E-state index in [9.17, 15) is 31.1 Å². The van der Waals surface area contributed by atoms with Crippen LogP contribution in [0.1, 0.15) is 58.6 Å². The summed E-state index contributed by atoms with van der Waals surface area (Å²) in [6, 6.07) is 5.83. The van der Waals surface area contributed by atoms with Crippen LogP contribution < -0.4 is 11.1 Å². The van der Waals surface area contributed by atoms with E-state index in [-0.39, 0.29) is 23.2 Å². The van der Waals surface area contributed by atoms with Gasteiger partial charge in [0.05, 0.1) is 5.56 Å². The molecular formula is C23H24ClF6N3O. The molecule has 1 aromatic carbocycles. The maximum Gasteiger partial charge on any atom is 0.317 e. The van der Waals surface area contributed by atoms with E-state index in [0.29, 0.717) is 37.8 Å². The fourth-order valence-electron chi connectivity index (χ4n) is 4.20. The number of nitrogens with two attached hydrogens (primary N) is 1. The Labute approximate surface area is 197 Å². The second-order valence-corrected chi connectivity index (χ2v) is 8.85. The van der Waals surface area contributed by atoms with Crippen LogP contribution in [0.25, 0.3) is 0 Å². The fourth-order valence-corrected chi connectivity index (χ4v) is 4.33. The zero-order valence-electron chi connectivity index (χ0n) is 18.0. The number of hydrogen-bond donors (Lipinski definition) is 2. The fraction of sp³-hybridized carbons (Fsp3) is 0.478. The second-order valence-electron chi connectivity index (χ2n) is 8.47. The summed E-state index contributed by atoms with van der Waals surface area (Å²) in [5.41, 5.74) is 1.33. The first-order chi connectivity index (χ1) is 16.0. The van der Waals surface area contributed by atoms with Crippen molar-refractivity contribution in [3.63, 3.8) is 0 Å². The zero-order chi connectivity index (χ0) is 25.1. The van der Waals surface area contributed by atoms with Gasteiger partial charge in [-0.1, -0.05) is 11.6 Å². The SMILES string of the molecule is NC(=O)c1cc(C2CCC(CNc3ncccc3C(F)(F)CF)CC2)cc(C(F)(F)C(F)Cl)c1. The number of rotatable bonds is 9. The number of benzene rings is 1. The number of halogens is 7. The monoisotopic (exact) mass is 507 g/mol. The van der Waals surface area contributed by atoms with Gasteiger partial charge in [0.1, 0.15) is 5.82 Å². The van der Waals surface area contributed by atoms with Crippen molar-refractivity contribution >= 4 is 23.3 Å². The molecule has 1 saturated carbocycles. The molecule has 11 heteroatoms. The summed E-state index contributed by atoms with van der Waals surface area (Å²) in [7, 11) is 0. The van der Waals surface area contributed by atoms with Gasteiger partial charge in [0.25, 0.3) is 0 Å². The number of primary amides is 1. The van der Waals surface area contributed by atoms with Crippen LogP contribution in [-0.2, 0) is 11.8 Å². The van der Waals surface area contributed by atoms with E-state index < -0.39 is 41.2 Å². The molecule has 186 valence electrons. The number of nitrogens with zero attached hydrogens (tertiary/aromatic N) is 1. The summed E-state index contributed by atoms with van der Waals surface area (Å²) in [6.07, 6.45) is 3.73. The standard InChI is InChI=1S/C23H24ClF6N3O/c24-21(26)23(29,30)17-9-15(8-16(10-17)19(31)34)14-5-3-13(4-6-14)11-33-20-18(2-1-7-32-20)22(27,28)12-25/h1-2,7-10,13-14,21H,3-6,11-12H2,(H2,31,34)(H,32,33). The van der Waals surface area contributed by atoms with E-state index in [0.717, 1.165) is 18.2 Å². The van der Waals surface area contributed by atoms with Gasteiger partial charge in [-0.05, 0) is 73.4 Å². The summed E-state index contributed by atoms with van der Waals surface area (Å²) in [4.78, 5) is 15.5. The molecule has 1 fully saturated rings. The highest BCUT2D eigenvalue weighted by atomic mass is 35.5. The number of carbonyl (C=O) groups is 1. The molecule has 1 heterocycles. The lowest BCUT2D eigenvalue weighted by molar-refractivity contribution is -0.0464. The molecule has 0 spiro atoms. The molecule has 1 aliphatic rings. The third-order valence-electron chi connectivity index (χ3n) is 6.14. The van der Waals surface area contributed by atoms with Crippen molar-refractivity contribution in [2.75, 3.05) is 18.5 Å².